The van der Waals surface area contributed by atoms with Crippen LogP contribution in [0.1, 0.15) is 30.1 Å². The van der Waals surface area contributed by atoms with Gasteiger partial charge in [-0.1, -0.05) is 5.16 Å². The molecule has 124 valence electrons. The smallest absolute Gasteiger partial charge is 0.407 e. The third-order valence-corrected chi connectivity index (χ3v) is 3.86. The Morgan fingerprint density at radius 3 is 2.61 bits per heavy atom. The van der Waals surface area contributed by atoms with Gasteiger partial charge >= 0.3 is 12.1 Å². The molecule has 8 heteroatoms. The quantitative estimate of drug-likeness (QED) is 0.383. The molecule has 2 atom stereocenters. The summed E-state index contributed by atoms with van der Waals surface area (Å²) in [5.41, 5.74) is 5.95. The number of amidine groups is 1. The summed E-state index contributed by atoms with van der Waals surface area (Å²) in [5.74, 6) is -1.45. The largest absolute Gasteiger partial charge is 0.465 e. The molecule has 7 nitrogen and oxygen atoms in total. The van der Waals surface area contributed by atoms with Crippen molar-refractivity contribution in [3.8, 4) is 0 Å². The topological polar surface area (TPSA) is 105 Å². The van der Waals surface area contributed by atoms with Crippen LogP contribution in [-0.2, 0) is 4.84 Å². The summed E-state index contributed by atoms with van der Waals surface area (Å²) in [5, 5.41) is 12.7. The summed E-state index contributed by atoms with van der Waals surface area (Å²) in [6.07, 6.45) is 0.298. The number of benzene rings is 1. The SMILES string of the molecule is C[C@@H]1CC[C@H](/C(N)=N\OC(=O)c2ccc(F)cc2)CN1C(=O)O. The van der Waals surface area contributed by atoms with Crippen molar-refractivity contribution in [1.29, 1.82) is 0 Å². The van der Waals surface area contributed by atoms with E-state index in [9.17, 15) is 14.0 Å². The second-order valence-electron chi connectivity index (χ2n) is 5.46. The Kier molecular flexibility index (Phi) is 5.15. The Hall–Kier alpha value is -2.64. The van der Waals surface area contributed by atoms with Crippen LogP contribution in [0.5, 0.6) is 0 Å². The van der Waals surface area contributed by atoms with Crippen LogP contribution < -0.4 is 5.73 Å². The number of hydrogen-bond acceptors (Lipinski definition) is 4. The number of hydrogen-bond donors (Lipinski definition) is 2. The van der Waals surface area contributed by atoms with Crippen LogP contribution in [-0.4, -0.2) is 40.5 Å². The number of carboxylic acid groups (broad SMARTS) is 1. The molecule has 1 heterocycles. The summed E-state index contributed by atoms with van der Waals surface area (Å²) in [4.78, 5) is 28.9. The molecule has 0 aromatic heterocycles. The summed E-state index contributed by atoms with van der Waals surface area (Å²) in [6, 6.07) is 4.74. The number of carbonyl (C=O) groups excluding carboxylic acids is 1. The van der Waals surface area contributed by atoms with Gasteiger partial charge in [-0.3, -0.25) is 0 Å². The predicted molar refractivity (Wildman–Crippen MR) is 80.4 cm³/mol. The molecule has 0 radical (unpaired) electrons. The van der Waals surface area contributed by atoms with E-state index in [-0.39, 0.29) is 29.9 Å². The number of nitrogens with zero attached hydrogens (tertiary/aromatic N) is 2. The third-order valence-electron chi connectivity index (χ3n) is 3.86. The molecule has 0 spiro atoms. The Morgan fingerprint density at radius 1 is 1.35 bits per heavy atom. The molecule has 1 fully saturated rings. The first-order valence-electron chi connectivity index (χ1n) is 7.18. The molecule has 1 amide bonds. The van der Waals surface area contributed by atoms with E-state index in [4.69, 9.17) is 15.7 Å². The van der Waals surface area contributed by atoms with Crippen LogP contribution in [0.15, 0.2) is 29.4 Å². The Morgan fingerprint density at radius 2 is 2.00 bits per heavy atom. The zero-order chi connectivity index (χ0) is 17.0. The molecule has 1 aromatic carbocycles. The van der Waals surface area contributed by atoms with Crippen LogP contribution in [0, 0.1) is 11.7 Å². The maximum Gasteiger partial charge on any atom is 0.407 e. The molecule has 3 N–H and O–H groups in total. The lowest BCUT2D eigenvalue weighted by Crippen LogP contribution is -2.48. The number of amides is 1. The van der Waals surface area contributed by atoms with Gasteiger partial charge in [0.05, 0.1) is 5.56 Å². The molecule has 1 aliphatic heterocycles. The van der Waals surface area contributed by atoms with Crippen molar-refractivity contribution in [2.45, 2.75) is 25.8 Å². The van der Waals surface area contributed by atoms with Crippen molar-refractivity contribution in [1.82, 2.24) is 4.90 Å². The van der Waals surface area contributed by atoms with Gasteiger partial charge < -0.3 is 20.6 Å². The number of rotatable bonds is 3. The Balaban J connectivity index is 1.98. The van der Waals surface area contributed by atoms with Crippen LogP contribution in [0.4, 0.5) is 9.18 Å². The average Bonchev–Trinajstić information content (AvgIpc) is 2.53. The van der Waals surface area contributed by atoms with Crippen LogP contribution in [0.3, 0.4) is 0 Å². The fourth-order valence-electron chi connectivity index (χ4n) is 2.42. The number of likely N-dealkylation sites (tertiary alicyclic amines) is 1. The van der Waals surface area contributed by atoms with E-state index in [1.165, 1.54) is 17.0 Å². The Bertz CT molecular complexity index is 618. The average molecular weight is 323 g/mol. The minimum absolute atomic E-state index is 0.0682. The van der Waals surface area contributed by atoms with Gasteiger partial charge in [0.2, 0.25) is 0 Å². The Labute approximate surface area is 132 Å². The van der Waals surface area contributed by atoms with E-state index in [2.05, 4.69) is 5.16 Å². The maximum atomic E-state index is 12.8. The fourth-order valence-corrected chi connectivity index (χ4v) is 2.42. The van der Waals surface area contributed by atoms with Gasteiger partial charge in [-0.05, 0) is 44.0 Å². The second kappa shape index (κ2) is 7.08. The van der Waals surface area contributed by atoms with Gasteiger partial charge in [-0.25, -0.2) is 14.0 Å². The maximum absolute atomic E-state index is 12.8. The molecule has 0 aliphatic carbocycles. The van der Waals surface area contributed by atoms with E-state index in [1.54, 1.807) is 0 Å². The number of halogens is 1. The van der Waals surface area contributed by atoms with Crippen LogP contribution >= 0.6 is 0 Å². The highest BCUT2D eigenvalue weighted by Gasteiger charge is 2.31. The summed E-state index contributed by atoms with van der Waals surface area (Å²) >= 11 is 0. The van der Waals surface area contributed by atoms with Crippen molar-refractivity contribution < 1.29 is 23.9 Å². The third kappa shape index (κ3) is 4.18. The molecule has 1 aromatic rings. The van der Waals surface area contributed by atoms with Crippen molar-refractivity contribution in [3.05, 3.63) is 35.6 Å². The molecule has 0 bridgehead atoms. The molecule has 23 heavy (non-hydrogen) atoms. The van der Waals surface area contributed by atoms with Crippen molar-refractivity contribution in [2.24, 2.45) is 16.8 Å². The van der Waals surface area contributed by atoms with E-state index in [0.29, 0.717) is 12.8 Å². The van der Waals surface area contributed by atoms with Gasteiger partial charge in [0.1, 0.15) is 11.7 Å². The number of carbonyl (C=O) groups is 2. The van der Waals surface area contributed by atoms with Crippen molar-refractivity contribution >= 4 is 17.9 Å². The first kappa shape index (κ1) is 16.7. The minimum Gasteiger partial charge on any atom is -0.465 e. The zero-order valence-corrected chi connectivity index (χ0v) is 12.6. The van der Waals surface area contributed by atoms with Gasteiger partial charge in [0, 0.05) is 18.5 Å². The fraction of sp³-hybridized carbons (Fsp3) is 0.400. The van der Waals surface area contributed by atoms with Gasteiger partial charge in [0.25, 0.3) is 0 Å². The highest BCUT2D eigenvalue weighted by molar-refractivity contribution is 5.90. The number of nitrogens with two attached hydrogens (primary N) is 1. The van der Waals surface area contributed by atoms with Crippen molar-refractivity contribution in [3.63, 3.8) is 0 Å². The lowest BCUT2D eigenvalue weighted by atomic mass is 9.93. The normalized spacial score (nSPS) is 21.8. The summed E-state index contributed by atoms with van der Waals surface area (Å²) in [6.45, 7) is 2.03. The van der Waals surface area contributed by atoms with Gasteiger partial charge in [-0.15, -0.1) is 0 Å². The lowest BCUT2D eigenvalue weighted by Gasteiger charge is -2.35. The first-order valence-corrected chi connectivity index (χ1v) is 7.18. The highest BCUT2D eigenvalue weighted by atomic mass is 19.1. The molecule has 0 unspecified atom stereocenters. The standard InChI is InChI=1S/C15H18FN3O4/c1-9-2-3-11(8-19(9)15(21)22)13(17)18-23-14(20)10-4-6-12(16)7-5-10/h4-7,9,11H,2-3,8H2,1H3,(H2,17,18)(H,21,22)/t9-,11+/m1/s1. The number of piperidine rings is 1. The number of oxime groups is 1. The van der Waals surface area contributed by atoms with E-state index in [1.807, 2.05) is 6.92 Å². The summed E-state index contributed by atoms with van der Waals surface area (Å²) < 4.78 is 12.8. The molecule has 2 rings (SSSR count). The molecular weight excluding hydrogens is 305 g/mol. The molecule has 1 aliphatic rings. The van der Waals surface area contributed by atoms with Crippen LogP contribution in [0.25, 0.3) is 0 Å². The monoisotopic (exact) mass is 323 g/mol. The van der Waals surface area contributed by atoms with E-state index < -0.39 is 17.9 Å². The van der Waals surface area contributed by atoms with E-state index in [0.717, 1.165) is 12.1 Å². The first-order chi connectivity index (χ1) is 10.9. The zero-order valence-electron chi connectivity index (χ0n) is 12.6. The van der Waals surface area contributed by atoms with E-state index >= 15 is 0 Å². The minimum atomic E-state index is -1.02. The molecule has 1 saturated heterocycles. The lowest BCUT2D eigenvalue weighted by molar-refractivity contribution is 0.0508. The second-order valence-corrected chi connectivity index (χ2v) is 5.46. The highest BCUT2D eigenvalue weighted by Crippen LogP contribution is 2.22. The molecule has 0 saturated carbocycles. The van der Waals surface area contributed by atoms with Crippen molar-refractivity contribution in [2.75, 3.05) is 6.54 Å². The van der Waals surface area contributed by atoms with Gasteiger partial charge in [-0.2, -0.15) is 0 Å². The van der Waals surface area contributed by atoms with Gasteiger partial charge in [0.15, 0.2) is 0 Å². The molecular formula is C15H18FN3O4. The predicted octanol–water partition coefficient (Wildman–Crippen LogP) is 2.03. The summed E-state index contributed by atoms with van der Waals surface area (Å²) in [7, 11) is 0. The van der Waals surface area contributed by atoms with Crippen LogP contribution in [0.2, 0.25) is 0 Å².